The van der Waals surface area contributed by atoms with Gasteiger partial charge in [0, 0.05) is 5.66 Å². The highest BCUT2D eigenvalue weighted by molar-refractivity contribution is 8.62. The molecule has 0 amide bonds. The van der Waals surface area contributed by atoms with Gasteiger partial charge in [0.2, 0.25) is 0 Å². The van der Waals surface area contributed by atoms with Gasteiger partial charge in [-0.25, -0.2) is 0 Å². The van der Waals surface area contributed by atoms with Crippen molar-refractivity contribution in [3.8, 4) is 0 Å². The Labute approximate surface area is 78.3 Å². The number of fused-ring (bicyclic) bond motifs is 2. The Balaban J connectivity index is 2.14. The highest BCUT2D eigenvalue weighted by atomic mass is 32.9. The summed E-state index contributed by atoms with van der Waals surface area (Å²) in [6, 6.07) is 0. The number of rotatable bonds is 1. The van der Waals surface area contributed by atoms with Crippen molar-refractivity contribution in [1.29, 1.82) is 0 Å². The lowest BCUT2D eigenvalue weighted by atomic mass is 10.0. The summed E-state index contributed by atoms with van der Waals surface area (Å²) in [4.78, 5) is 0. The summed E-state index contributed by atoms with van der Waals surface area (Å²) in [5.41, 5.74) is 6.53. The summed E-state index contributed by atoms with van der Waals surface area (Å²) in [6.07, 6.45) is 5.46. The minimum absolute atomic E-state index is 0.611. The molecule has 2 bridgehead atoms. The van der Waals surface area contributed by atoms with Crippen molar-refractivity contribution in [1.82, 2.24) is 0 Å². The topological polar surface area (TPSA) is 26.0 Å². The average Bonchev–Trinajstić information content (AvgIpc) is 2.42. The van der Waals surface area contributed by atoms with Crippen LogP contribution in [0.25, 0.3) is 0 Å². The fraction of sp³-hybridized carbons (Fsp3) is 1.00. The highest BCUT2D eigenvalue weighted by Crippen LogP contribution is 2.61. The molecule has 1 nitrogen and oxygen atoms in total. The first kappa shape index (κ1) is 8.55. The lowest BCUT2D eigenvalue weighted by molar-refractivity contribution is 0.488. The van der Waals surface area contributed by atoms with Gasteiger partial charge in [-0.15, -0.1) is 12.2 Å². The van der Waals surface area contributed by atoms with E-state index >= 15 is 0 Å². The van der Waals surface area contributed by atoms with E-state index in [1.54, 1.807) is 0 Å². The first-order valence-electron chi connectivity index (χ1n) is 4.18. The molecular weight excluding hydrogens is 193 g/mol. The molecule has 0 spiro atoms. The molecule has 2 aliphatic rings. The van der Waals surface area contributed by atoms with E-state index < -0.39 is 5.39 Å². The highest BCUT2D eigenvalue weighted by Gasteiger charge is 2.43. The Hall–Kier alpha value is 0.960. The van der Waals surface area contributed by atoms with E-state index in [1.165, 1.54) is 25.7 Å². The van der Waals surface area contributed by atoms with Crippen molar-refractivity contribution >= 4 is 29.4 Å². The summed E-state index contributed by atoms with van der Waals surface area (Å²) in [7, 11) is 0. The fourth-order valence-electron chi connectivity index (χ4n) is 2.66. The van der Waals surface area contributed by atoms with Crippen molar-refractivity contribution in [2.75, 3.05) is 0 Å². The number of thiol groups is 1. The van der Waals surface area contributed by atoms with E-state index in [0.29, 0.717) is 5.66 Å². The van der Waals surface area contributed by atoms with Gasteiger partial charge in [-0.3, -0.25) is 5.50 Å². The molecule has 4 heteroatoms. The van der Waals surface area contributed by atoms with Crippen LogP contribution in [0.5, 0.6) is 0 Å². The Morgan fingerprint density at radius 3 is 2.36 bits per heavy atom. The molecule has 4 atom stereocenters. The van der Waals surface area contributed by atoms with Crippen LogP contribution in [0, 0.1) is 11.8 Å². The van der Waals surface area contributed by atoms with Crippen molar-refractivity contribution < 1.29 is 0 Å². The Morgan fingerprint density at radius 2 is 2.09 bits per heavy atom. The van der Waals surface area contributed by atoms with Crippen molar-refractivity contribution in [3.05, 3.63) is 0 Å². The molecule has 2 fully saturated rings. The summed E-state index contributed by atoms with van der Waals surface area (Å²) in [6.45, 7) is 0. The van der Waals surface area contributed by atoms with Gasteiger partial charge in [-0.05, 0) is 31.1 Å². The third kappa shape index (κ3) is 1.53. The van der Waals surface area contributed by atoms with Crippen LogP contribution in [-0.4, -0.2) is 5.66 Å². The van der Waals surface area contributed by atoms with E-state index in [1.807, 2.05) is 0 Å². The largest absolute Gasteiger partial charge is 0.295 e. The number of hydrogen-bond donors (Lipinski definition) is 2. The Bertz CT molecular complexity index is 212. The molecule has 2 saturated carbocycles. The van der Waals surface area contributed by atoms with Gasteiger partial charge in [0.05, 0.1) is 5.39 Å². The summed E-state index contributed by atoms with van der Waals surface area (Å²) < 4.78 is 0. The first-order valence-corrected chi connectivity index (χ1v) is 8.28. The van der Waals surface area contributed by atoms with Crippen LogP contribution >= 0.6 is 17.6 Å². The van der Waals surface area contributed by atoms with Crippen LogP contribution in [0.2, 0.25) is 0 Å². The molecule has 0 aliphatic heterocycles. The van der Waals surface area contributed by atoms with E-state index in [2.05, 4.69) is 12.2 Å². The van der Waals surface area contributed by atoms with Crippen LogP contribution in [0.1, 0.15) is 25.7 Å². The van der Waals surface area contributed by atoms with Gasteiger partial charge >= 0.3 is 0 Å². The summed E-state index contributed by atoms with van der Waals surface area (Å²) in [5, 5.41) is -1.73. The SMILES string of the molecule is NP(=S)(S)C1CC2CCC1C2. The monoisotopic (exact) mass is 207 g/mol. The lowest BCUT2D eigenvalue weighted by Gasteiger charge is -2.26. The molecule has 64 valence electrons. The van der Waals surface area contributed by atoms with Crippen molar-refractivity contribution in [3.63, 3.8) is 0 Å². The molecule has 2 rings (SSSR count). The number of hydrogen-bond acceptors (Lipinski definition) is 1. The zero-order valence-corrected chi connectivity index (χ0v) is 9.05. The van der Waals surface area contributed by atoms with Gasteiger partial charge in [0.15, 0.2) is 0 Å². The number of nitrogens with two attached hydrogens (primary N) is 1. The van der Waals surface area contributed by atoms with Crippen LogP contribution < -0.4 is 5.50 Å². The molecule has 0 saturated heterocycles. The summed E-state index contributed by atoms with van der Waals surface area (Å²) in [5.74, 6) is 1.79. The van der Waals surface area contributed by atoms with E-state index in [-0.39, 0.29) is 0 Å². The average molecular weight is 207 g/mol. The normalized spacial score (nSPS) is 47.6. The maximum atomic E-state index is 5.92. The van der Waals surface area contributed by atoms with E-state index in [9.17, 15) is 0 Å². The maximum absolute atomic E-state index is 5.92. The van der Waals surface area contributed by atoms with Crippen LogP contribution in [-0.2, 0) is 11.8 Å². The molecule has 0 aromatic carbocycles. The zero-order valence-electron chi connectivity index (χ0n) is 6.44. The van der Waals surface area contributed by atoms with E-state index in [4.69, 9.17) is 17.3 Å². The third-order valence-corrected chi connectivity index (χ3v) is 6.46. The van der Waals surface area contributed by atoms with Crippen LogP contribution in [0.3, 0.4) is 0 Å². The van der Waals surface area contributed by atoms with Gasteiger partial charge in [0.25, 0.3) is 0 Å². The maximum Gasteiger partial charge on any atom is 0.0621 e. The second-order valence-corrected chi connectivity index (χ2v) is 10.5. The van der Waals surface area contributed by atoms with Crippen molar-refractivity contribution in [2.24, 2.45) is 17.3 Å². The third-order valence-electron chi connectivity index (χ3n) is 3.18. The molecule has 2 aliphatic carbocycles. The van der Waals surface area contributed by atoms with Gasteiger partial charge < -0.3 is 0 Å². The minimum atomic E-state index is -1.73. The summed E-state index contributed by atoms with van der Waals surface area (Å²) >= 11 is 9.65. The molecule has 2 N–H and O–H groups in total. The fourth-order valence-corrected chi connectivity index (χ4v) is 5.76. The molecular formula is C7H14NPS2. The Kier molecular flexibility index (Phi) is 2.12. The van der Waals surface area contributed by atoms with Crippen LogP contribution in [0.4, 0.5) is 0 Å². The van der Waals surface area contributed by atoms with Gasteiger partial charge in [-0.1, -0.05) is 18.2 Å². The molecule has 0 aromatic heterocycles. The van der Waals surface area contributed by atoms with E-state index in [0.717, 1.165) is 11.8 Å². The van der Waals surface area contributed by atoms with Gasteiger partial charge in [-0.2, -0.15) is 0 Å². The molecule has 11 heavy (non-hydrogen) atoms. The first-order chi connectivity index (χ1) is 5.07. The second-order valence-electron chi connectivity index (χ2n) is 3.91. The lowest BCUT2D eigenvalue weighted by Crippen LogP contribution is -2.18. The predicted molar refractivity (Wildman–Crippen MR) is 56.7 cm³/mol. The second kappa shape index (κ2) is 2.73. The minimum Gasteiger partial charge on any atom is -0.295 e. The molecule has 4 unspecified atom stereocenters. The molecule has 0 radical (unpaired) electrons. The quantitative estimate of drug-likeness (QED) is 0.510. The molecule has 0 heterocycles. The standard InChI is InChI=1S/C7H14NPS2/c8-9(10,11)7-4-5-1-2-6(7)3-5/h5-7H,1-4H2,(H3,8,10,11). The predicted octanol–water partition coefficient (Wildman–Crippen LogP) is 2.37. The smallest absolute Gasteiger partial charge is 0.0621 e. The van der Waals surface area contributed by atoms with Crippen molar-refractivity contribution in [2.45, 2.75) is 31.3 Å². The zero-order chi connectivity index (χ0) is 8.06. The van der Waals surface area contributed by atoms with Gasteiger partial charge in [0.1, 0.15) is 0 Å². The van der Waals surface area contributed by atoms with Crippen LogP contribution in [0.15, 0.2) is 0 Å². The Morgan fingerprint density at radius 1 is 1.36 bits per heavy atom. The molecule has 0 aromatic rings.